The largest absolute Gasteiger partial charge is 0.310 e. The third-order valence-electron chi connectivity index (χ3n) is 16.7. The van der Waals surface area contributed by atoms with Crippen molar-refractivity contribution in [1.29, 1.82) is 0 Å². The van der Waals surface area contributed by atoms with Crippen molar-refractivity contribution in [2.24, 2.45) is 0 Å². The highest BCUT2D eigenvalue weighted by Gasteiger charge is 2.55. The van der Waals surface area contributed by atoms with Crippen LogP contribution < -0.4 is 16.4 Å². The first-order chi connectivity index (χ1) is 33.2. The van der Waals surface area contributed by atoms with Crippen molar-refractivity contribution in [2.75, 3.05) is 0 Å². The molecule has 1 aliphatic carbocycles. The van der Waals surface area contributed by atoms with Gasteiger partial charge in [-0.1, -0.05) is 155 Å². The third kappa shape index (κ3) is 4.30. The van der Waals surface area contributed by atoms with E-state index in [4.69, 9.17) is 0 Å². The molecule has 3 aliphatic heterocycles. The van der Waals surface area contributed by atoms with Gasteiger partial charge in [-0.2, -0.15) is 0 Å². The van der Waals surface area contributed by atoms with Gasteiger partial charge in [-0.15, -0.1) is 0 Å². The van der Waals surface area contributed by atoms with Crippen LogP contribution >= 0.6 is 0 Å². The maximum atomic E-state index is 2.76. The maximum absolute atomic E-state index is 2.76. The lowest BCUT2D eigenvalue weighted by Crippen LogP contribution is -2.60. The molecular formula is C65H45BN2. The highest BCUT2D eigenvalue weighted by Crippen LogP contribution is 2.63. The molecule has 0 bridgehead atoms. The van der Waals surface area contributed by atoms with Crippen molar-refractivity contribution in [3.05, 3.63) is 219 Å². The highest BCUT2D eigenvalue weighted by molar-refractivity contribution is 7.00. The van der Waals surface area contributed by atoms with Gasteiger partial charge >= 0.3 is 0 Å². The zero-order chi connectivity index (χ0) is 45.2. The van der Waals surface area contributed by atoms with E-state index in [1.165, 1.54) is 171 Å². The summed E-state index contributed by atoms with van der Waals surface area (Å²) in [6, 6.07) is 64.4. The zero-order valence-electron chi connectivity index (χ0n) is 39.1. The fraction of sp³-hybridized carbons (Fsp3) is 0.108. The Hall–Kier alpha value is -7.88. The molecule has 0 saturated carbocycles. The van der Waals surface area contributed by atoms with Gasteiger partial charge < -0.3 is 9.13 Å². The SMILES string of the molecule is Cc1ccc2c(c1)C1(c3cc(C)ccc3-2)c2cc(-c3cccc4cc(-c5ccccc5)ccc34)c3c4c2-n2c5c(cc(C)cc5c5cc(C)cc1c52)B4c1cc(C)cc2c4cc(C)ccc4n-3c12. The molecule has 0 unspecified atom stereocenters. The van der Waals surface area contributed by atoms with Crippen molar-refractivity contribution in [3.8, 4) is 44.8 Å². The Kier molecular flexibility index (Phi) is 6.77. The maximum Gasteiger partial charge on any atom is 0.252 e. The predicted octanol–water partition coefficient (Wildman–Crippen LogP) is 14.0. The summed E-state index contributed by atoms with van der Waals surface area (Å²) in [7, 11) is 0. The van der Waals surface area contributed by atoms with Crippen LogP contribution in [0, 0.1) is 41.5 Å². The lowest BCUT2D eigenvalue weighted by atomic mass is 9.33. The fourth-order valence-electron chi connectivity index (χ4n) is 14.2. The van der Waals surface area contributed by atoms with E-state index in [0.717, 1.165) is 0 Å². The molecule has 0 atom stereocenters. The molecule has 4 aliphatic rings. The minimum atomic E-state index is -0.587. The van der Waals surface area contributed by atoms with E-state index in [1.54, 1.807) is 0 Å². The quantitative estimate of drug-likeness (QED) is 0.153. The average molecular weight is 865 g/mol. The van der Waals surface area contributed by atoms with Gasteiger partial charge in [-0.25, -0.2) is 0 Å². The molecule has 2 aromatic heterocycles. The van der Waals surface area contributed by atoms with E-state index in [-0.39, 0.29) is 6.71 Å². The Balaban J connectivity index is 1.19. The first kappa shape index (κ1) is 37.2. The first-order valence-corrected chi connectivity index (χ1v) is 24.4. The standard InChI is InChI=1S/C65H45BN2/c1-34-17-22-58-47(23-34)48-25-38(5)30-56-61(48)67(58)63-51(44-14-10-13-42-32-41(18-21-43(42)44)40-11-8-7-9-12-40)33-55-64-59(63)66(56)57-31-39(6)26-50-49-24-37(4)29-54(60(49)68(64)62(50)57)65(55)52-27-35(2)15-19-45(52)46-20-16-36(3)28-53(46)65/h7-33H,1-6H3. The van der Waals surface area contributed by atoms with Crippen LogP contribution in [-0.4, -0.2) is 15.8 Å². The second kappa shape index (κ2) is 12.4. The monoisotopic (exact) mass is 864 g/mol. The summed E-state index contributed by atoms with van der Waals surface area (Å²) < 4.78 is 5.47. The third-order valence-corrected chi connectivity index (χ3v) is 16.7. The summed E-state index contributed by atoms with van der Waals surface area (Å²) in [5.74, 6) is 0. The summed E-state index contributed by atoms with van der Waals surface area (Å²) in [5, 5.41) is 7.89. The van der Waals surface area contributed by atoms with Crippen molar-refractivity contribution >= 4 is 77.5 Å². The molecule has 1 spiro atoms. The Morgan fingerprint density at radius 1 is 0.353 bits per heavy atom. The number of fused-ring (bicyclic) bond motifs is 15. The second-order valence-electron chi connectivity index (χ2n) is 20.9. The second-order valence-corrected chi connectivity index (χ2v) is 20.9. The minimum Gasteiger partial charge on any atom is -0.310 e. The van der Waals surface area contributed by atoms with E-state index < -0.39 is 5.41 Å². The van der Waals surface area contributed by atoms with Gasteiger partial charge in [-0.3, -0.25) is 0 Å². The van der Waals surface area contributed by atoms with Gasteiger partial charge in [0.25, 0.3) is 6.71 Å². The predicted molar refractivity (Wildman–Crippen MR) is 287 cm³/mol. The van der Waals surface area contributed by atoms with Crippen molar-refractivity contribution < 1.29 is 0 Å². The summed E-state index contributed by atoms with van der Waals surface area (Å²) in [6.45, 7) is 13.8. The van der Waals surface area contributed by atoms with Gasteiger partial charge in [0.15, 0.2) is 0 Å². The normalized spacial score (nSPS) is 14.1. The smallest absolute Gasteiger partial charge is 0.252 e. The molecule has 5 heterocycles. The van der Waals surface area contributed by atoms with E-state index in [0.29, 0.717) is 0 Å². The van der Waals surface area contributed by atoms with Crippen LogP contribution in [0.25, 0.3) is 99.1 Å². The van der Waals surface area contributed by atoms with Crippen molar-refractivity contribution in [2.45, 2.75) is 47.0 Å². The Bertz CT molecular complexity index is 4330. The van der Waals surface area contributed by atoms with Crippen molar-refractivity contribution in [1.82, 2.24) is 9.13 Å². The summed E-state index contributed by atoms with van der Waals surface area (Å²) in [4.78, 5) is 0. The number of hydrogen-bond acceptors (Lipinski definition) is 0. The van der Waals surface area contributed by atoms with Crippen LogP contribution in [0.15, 0.2) is 164 Å². The van der Waals surface area contributed by atoms with E-state index in [1.807, 2.05) is 0 Å². The number of nitrogens with zero attached hydrogens (tertiary/aromatic N) is 2. The fourth-order valence-corrected chi connectivity index (χ4v) is 14.2. The van der Waals surface area contributed by atoms with Crippen LogP contribution in [0.2, 0.25) is 0 Å². The number of benzene rings is 10. The lowest BCUT2D eigenvalue weighted by Gasteiger charge is -2.45. The Morgan fingerprint density at radius 2 is 0.956 bits per heavy atom. The number of hydrogen-bond donors (Lipinski definition) is 0. The van der Waals surface area contributed by atoms with Gasteiger partial charge in [-0.05, 0) is 161 Å². The van der Waals surface area contributed by atoms with E-state index in [9.17, 15) is 0 Å². The molecular weight excluding hydrogens is 820 g/mol. The molecule has 0 N–H and O–H groups in total. The summed E-state index contributed by atoms with van der Waals surface area (Å²) in [5.41, 5.74) is 32.7. The molecule has 0 fully saturated rings. The van der Waals surface area contributed by atoms with Crippen molar-refractivity contribution in [3.63, 3.8) is 0 Å². The molecule has 16 rings (SSSR count). The molecule has 12 aromatic rings. The summed E-state index contributed by atoms with van der Waals surface area (Å²) in [6.07, 6.45) is 0. The van der Waals surface area contributed by atoms with Crippen LogP contribution in [0.1, 0.15) is 55.6 Å². The van der Waals surface area contributed by atoms with Gasteiger partial charge in [0.1, 0.15) is 0 Å². The molecule has 68 heavy (non-hydrogen) atoms. The van der Waals surface area contributed by atoms with Gasteiger partial charge in [0.05, 0.1) is 22.1 Å². The minimum absolute atomic E-state index is 0.00735. The lowest BCUT2D eigenvalue weighted by molar-refractivity contribution is 0.747. The molecule has 2 nitrogen and oxygen atoms in total. The van der Waals surface area contributed by atoms with Crippen LogP contribution in [0.3, 0.4) is 0 Å². The molecule has 0 radical (unpaired) electrons. The van der Waals surface area contributed by atoms with Gasteiger partial charge in [0.2, 0.25) is 0 Å². The molecule has 0 amide bonds. The summed E-state index contributed by atoms with van der Waals surface area (Å²) >= 11 is 0. The van der Waals surface area contributed by atoms with Crippen LogP contribution in [0.5, 0.6) is 0 Å². The molecule has 3 heteroatoms. The zero-order valence-corrected chi connectivity index (χ0v) is 39.1. The van der Waals surface area contributed by atoms with Crippen LogP contribution in [0.4, 0.5) is 0 Å². The molecule has 0 saturated heterocycles. The average Bonchev–Trinajstić information content (AvgIpc) is 3.93. The number of aromatic nitrogens is 2. The molecule has 318 valence electrons. The van der Waals surface area contributed by atoms with E-state index >= 15 is 0 Å². The van der Waals surface area contributed by atoms with Gasteiger partial charge in [0, 0.05) is 43.8 Å². The topological polar surface area (TPSA) is 9.86 Å². The molecule has 10 aromatic carbocycles. The highest BCUT2D eigenvalue weighted by atomic mass is 15.1. The number of aryl methyl sites for hydroxylation is 6. The first-order valence-electron chi connectivity index (χ1n) is 24.4. The number of rotatable bonds is 2. The Morgan fingerprint density at radius 3 is 1.68 bits per heavy atom. The van der Waals surface area contributed by atoms with E-state index in [2.05, 4.69) is 214 Å². The Labute approximate surface area is 395 Å². The van der Waals surface area contributed by atoms with Crippen LogP contribution in [-0.2, 0) is 5.41 Å².